The van der Waals surface area contributed by atoms with Crippen LogP contribution in [0.4, 0.5) is 5.00 Å². The van der Waals surface area contributed by atoms with Crippen LogP contribution in [0, 0.1) is 12.3 Å². The first-order valence-electron chi connectivity index (χ1n) is 7.98. The predicted octanol–water partition coefficient (Wildman–Crippen LogP) is 3.68. The largest absolute Gasteiger partial charge is 0.325 e. The molecule has 0 radical (unpaired) electrons. The second kappa shape index (κ2) is 6.06. The molecule has 0 aromatic carbocycles. The summed E-state index contributed by atoms with van der Waals surface area (Å²) >= 11 is 1.72. The van der Waals surface area contributed by atoms with Gasteiger partial charge in [-0.3, -0.25) is 9.78 Å². The second-order valence-corrected chi connectivity index (χ2v) is 8.06. The molecule has 0 bridgehead atoms. The fourth-order valence-electron chi connectivity index (χ4n) is 3.16. The molecule has 0 spiro atoms. The number of carbonyl (C=O) groups excluding carboxylic acids is 1. The van der Waals surface area contributed by atoms with Crippen molar-refractivity contribution in [2.45, 2.75) is 46.6 Å². The van der Waals surface area contributed by atoms with Crippen LogP contribution in [0.15, 0.2) is 18.3 Å². The van der Waals surface area contributed by atoms with Crippen LogP contribution in [0.2, 0.25) is 0 Å². The summed E-state index contributed by atoms with van der Waals surface area (Å²) in [6.07, 6.45) is 5.05. The zero-order valence-corrected chi connectivity index (χ0v) is 14.7. The highest BCUT2D eigenvalue weighted by Gasteiger charge is 2.29. The summed E-state index contributed by atoms with van der Waals surface area (Å²) in [6.45, 7) is 7.00. The molecule has 3 rings (SSSR count). The van der Waals surface area contributed by atoms with E-state index in [-0.39, 0.29) is 12.5 Å². The Bertz CT molecular complexity index is 749. The Morgan fingerprint density at radius 2 is 2.26 bits per heavy atom. The minimum atomic E-state index is -0.125. The number of carbonyl (C=O) groups is 1. The molecule has 1 amide bonds. The molecule has 0 saturated carbocycles. The summed E-state index contributed by atoms with van der Waals surface area (Å²) in [5.74, 6) is -0.125. The lowest BCUT2D eigenvalue weighted by atomic mass is 9.76. The van der Waals surface area contributed by atoms with E-state index < -0.39 is 0 Å². The predicted molar refractivity (Wildman–Crippen MR) is 94.9 cm³/mol. The molecule has 4 nitrogen and oxygen atoms in total. The summed E-state index contributed by atoms with van der Waals surface area (Å²) in [5, 5.41) is 4.03. The summed E-state index contributed by atoms with van der Waals surface area (Å²) in [5.41, 5.74) is 9.85. The summed E-state index contributed by atoms with van der Waals surface area (Å²) < 4.78 is 0. The molecule has 2 aromatic rings. The van der Waals surface area contributed by atoms with Crippen LogP contribution in [0.25, 0.3) is 0 Å². The number of aryl methyl sites for hydroxylation is 1. The maximum absolute atomic E-state index is 12.6. The number of hydrogen-bond donors (Lipinski definition) is 2. The number of nitrogens with zero attached hydrogens (tertiary/aromatic N) is 1. The van der Waals surface area contributed by atoms with Gasteiger partial charge in [0.1, 0.15) is 0 Å². The summed E-state index contributed by atoms with van der Waals surface area (Å²) in [4.78, 5) is 18.2. The van der Waals surface area contributed by atoms with Gasteiger partial charge in [0.15, 0.2) is 0 Å². The van der Waals surface area contributed by atoms with Crippen molar-refractivity contribution < 1.29 is 4.79 Å². The number of pyridine rings is 1. The van der Waals surface area contributed by atoms with Gasteiger partial charge < -0.3 is 11.1 Å². The number of nitrogens with one attached hydrogen (secondary N) is 1. The molecule has 3 N–H and O–H groups in total. The molecule has 1 aliphatic carbocycles. The first kappa shape index (κ1) is 16.1. The van der Waals surface area contributed by atoms with Crippen LogP contribution in [0.5, 0.6) is 0 Å². The third-order valence-corrected chi connectivity index (χ3v) is 5.90. The Balaban J connectivity index is 1.87. The normalized spacial score (nSPS) is 16.0. The number of amides is 1. The second-order valence-electron chi connectivity index (χ2n) is 6.95. The molecule has 122 valence electrons. The molecule has 0 aliphatic heterocycles. The van der Waals surface area contributed by atoms with Crippen LogP contribution >= 0.6 is 11.3 Å². The van der Waals surface area contributed by atoms with Crippen LogP contribution < -0.4 is 11.1 Å². The fraction of sp³-hybridized carbons (Fsp3) is 0.444. The van der Waals surface area contributed by atoms with Gasteiger partial charge in [-0.15, -0.1) is 11.3 Å². The maximum Gasteiger partial charge on any atom is 0.258 e. The monoisotopic (exact) mass is 329 g/mol. The number of fused-ring (bicyclic) bond motifs is 1. The van der Waals surface area contributed by atoms with E-state index in [1.54, 1.807) is 29.7 Å². The quantitative estimate of drug-likeness (QED) is 0.902. The Morgan fingerprint density at radius 3 is 3.00 bits per heavy atom. The van der Waals surface area contributed by atoms with Crippen LogP contribution in [0.1, 0.15) is 52.3 Å². The Morgan fingerprint density at radius 1 is 1.48 bits per heavy atom. The molecule has 23 heavy (non-hydrogen) atoms. The van der Waals surface area contributed by atoms with E-state index in [2.05, 4.69) is 31.1 Å². The lowest BCUT2D eigenvalue weighted by Crippen LogP contribution is -2.21. The lowest BCUT2D eigenvalue weighted by Gasteiger charge is -2.29. The van der Waals surface area contributed by atoms with Crippen molar-refractivity contribution in [3.63, 3.8) is 0 Å². The number of rotatable bonds is 3. The number of anilines is 1. The molecule has 0 atom stereocenters. The molecule has 0 fully saturated rings. The average molecular weight is 329 g/mol. The van der Waals surface area contributed by atoms with E-state index in [4.69, 9.17) is 5.73 Å². The molecule has 5 heteroatoms. The molecular weight excluding hydrogens is 306 g/mol. The number of nitrogens with two attached hydrogens (primary N) is 1. The van der Waals surface area contributed by atoms with Crippen molar-refractivity contribution in [2.75, 3.05) is 5.32 Å². The van der Waals surface area contributed by atoms with E-state index in [0.717, 1.165) is 17.8 Å². The van der Waals surface area contributed by atoms with Gasteiger partial charge in [0.2, 0.25) is 0 Å². The fourth-order valence-corrected chi connectivity index (χ4v) is 4.38. The molecule has 1 aliphatic rings. The zero-order valence-electron chi connectivity index (χ0n) is 13.9. The van der Waals surface area contributed by atoms with Crippen molar-refractivity contribution in [1.82, 2.24) is 4.98 Å². The van der Waals surface area contributed by atoms with E-state index in [0.29, 0.717) is 16.7 Å². The van der Waals surface area contributed by atoms with Gasteiger partial charge in [-0.25, -0.2) is 0 Å². The maximum atomic E-state index is 12.6. The van der Waals surface area contributed by atoms with Gasteiger partial charge >= 0.3 is 0 Å². The summed E-state index contributed by atoms with van der Waals surface area (Å²) in [6, 6.07) is 3.54. The van der Waals surface area contributed by atoms with Crippen molar-refractivity contribution in [3.8, 4) is 0 Å². The minimum absolute atomic E-state index is 0.125. The van der Waals surface area contributed by atoms with Gasteiger partial charge in [0, 0.05) is 17.6 Å². The first-order chi connectivity index (χ1) is 10.9. The Kier molecular flexibility index (Phi) is 4.25. The first-order valence-corrected chi connectivity index (χ1v) is 8.79. The van der Waals surface area contributed by atoms with Gasteiger partial charge in [0.05, 0.1) is 16.3 Å². The molecule has 0 unspecified atom stereocenters. The van der Waals surface area contributed by atoms with E-state index in [1.807, 2.05) is 0 Å². The van der Waals surface area contributed by atoms with E-state index in [9.17, 15) is 4.79 Å². The Labute approximate surface area is 141 Å². The highest BCUT2D eigenvalue weighted by Crippen LogP contribution is 2.43. The highest BCUT2D eigenvalue weighted by atomic mass is 32.1. The van der Waals surface area contributed by atoms with Crippen molar-refractivity contribution >= 4 is 22.2 Å². The standard InChI is InChI=1S/C18H23N3OS/c1-11-13-9-18(2,3)7-6-15(13)23-17(11)21-16(22)12-5-4-8-20-14(12)10-19/h4-5,8H,6-7,9-10,19H2,1-3H3,(H,21,22). The summed E-state index contributed by atoms with van der Waals surface area (Å²) in [7, 11) is 0. The van der Waals surface area contributed by atoms with E-state index in [1.165, 1.54) is 22.4 Å². The van der Waals surface area contributed by atoms with Crippen molar-refractivity contribution in [2.24, 2.45) is 11.1 Å². The SMILES string of the molecule is Cc1c(NC(=O)c2cccnc2CN)sc2c1CC(C)(C)CC2. The number of hydrogen-bond acceptors (Lipinski definition) is 4. The average Bonchev–Trinajstić information content (AvgIpc) is 2.82. The topological polar surface area (TPSA) is 68.0 Å². The lowest BCUT2D eigenvalue weighted by molar-refractivity contribution is 0.102. The van der Waals surface area contributed by atoms with Crippen molar-refractivity contribution in [1.29, 1.82) is 0 Å². The van der Waals surface area contributed by atoms with Crippen LogP contribution in [0.3, 0.4) is 0 Å². The van der Waals surface area contributed by atoms with Crippen LogP contribution in [-0.4, -0.2) is 10.9 Å². The van der Waals surface area contributed by atoms with Crippen molar-refractivity contribution in [3.05, 3.63) is 45.6 Å². The van der Waals surface area contributed by atoms with Crippen LogP contribution in [-0.2, 0) is 19.4 Å². The van der Waals surface area contributed by atoms with Gasteiger partial charge in [0.25, 0.3) is 5.91 Å². The van der Waals surface area contributed by atoms with Gasteiger partial charge in [-0.2, -0.15) is 0 Å². The zero-order chi connectivity index (χ0) is 16.6. The Hall–Kier alpha value is -1.72. The molecule has 2 heterocycles. The minimum Gasteiger partial charge on any atom is -0.325 e. The number of thiophene rings is 1. The molecule has 0 saturated heterocycles. The van der Waals surface area contributed by atoms with E-state index >= 15 is 0 Å². The molecular formula is C18H23N3OS. The third-order valence-electron chi connectivity index (χ3n) is 4.59. The smallest absolute Gasteiger partial charge is 0.258 e. The number of aromatic nitrogens is 1. The van der Waals surface area contributed by atoms with Gasteiger partial charge in [-0.1, -0.05) is 13.8 Å². The third kappa shape index (κ3) is 3.16. The van der Waals surface area contributed by atoms with Gasteiger partial charge in [-0.05, 0) is 54.9 Å². The highest BCUT2D eigenvalue weighted by molar-refractivity contribution is 7.16. The molecule has 2 aromatic heterocycles.